The van der Waals surface area contributed by atoms with E-state index in [1.54, 1.807) is 12.4 Å². The normalized spacial score (nSPS) is 18.8. The first-order valence-electron chi connectivity index (χ1n) is 8.98. The van der Waals surface area contributed by atoms with E-state index in [2.05, 4.69) is 20.8 Å². The quantitative estimate of drug-likeness (QED) is 0.562. The number of anilines is 1. The zero-order valence-corrected chi connectivity index (χ0v) is 15.1. The Labute approximate surface area is 153 Å². The molecule has 0 amide bonds. The molecule has 1 aromatic rings. The van der Waals surface area contributed by atoms with Crippen molar-refractivity contribution in [1.29, 1.82) is 0 Å². The fourth-order valence-electron chi connectivity index (χ4n) is 3.43. The van der Waals surface area contributed by atoms with Crippen LogP contribution in [0.15, 0.2) is 30.2 Å². The van der Waals surface area contributed by atoms with Gasteiger partial charge < -0.3 is 9.64 Å². The van der Waals surface area contributed by atoms with E-state index in [-0.39, 0.29) is 12.5 Å². The number of carbonyl (C=O) groups excluding carboxylic acids is 2. The van der Waals surface area contributed by atoms with E-state index < -0.39 is 0 Å². The summed E-state index contributed by atoms with van der Waals surface area (Å²) in [6.07, 6.45) is 6.24. The number of carbonyl (C=O) groups is 1. The Kier molecular flexibility index (Phi) is 6.22. The summed E-state index contributed by atoms with van der Waals surface area (Å²) >= 11 is 0. The fourth-order valence-corrected chi connectivity index (χ4v) is 3.43. The number of aromatic nitrogens is 1. The zero-order valence-electron chi connectivity index (χ0n) is 15.1. The number of methoxy groups -OCH3 is 1. The van der Waals surface area contributed by atoms with E-state index in [4.69, 9.17) is 4.74 Å². The summed E-state index contributed by atoms with van der Waals surface area (Å²) in [5.74, 6) is 1.73. The number of ether oxygens (including phenoxy) is 1. The van der Waals surface area contributed by atoms with Crippen LogP contribution >= 0.6 is 0 Å². The molecule has 2 fully saturated rings. The molecule has 0 spiro atoms. The first-order valence-corrected chi connectivity index (χ1v) is 8.98. The molecule has 2 aliphatic rings. The van der Waals surface area contributed by atoms with Crippen LogP contribution < -0.4 is 4.90 Å². The predicted octanol–water partition coefficient (Wildman–Crippen LogP) is 0.710. The highest BCUT2D eigenvalue weighted by Crippen LogP contribution is 2.23. The third-order valence-corrected chi connectivity index (χ3v) is 4.85. The van der Waals surface area contributed by atoms with Crippen LogP contribution in [0.1, 0.15) is 19.3 Å². The van der Waals surface area contributed by atoms with Crippen molar-refractivity contribution in [3.05, 3.63) is 30.2 Å². The highest BCUT2D eigenvalue weighted by atomic mass is 16.5. The second-order valence-corrected chi connectivity index (χ2v) is 6.38. The van der Waals surface area contributed by atoms with Gasteiger partial charge in [0.1, 0.15) is 18.2 Å². The highest BCUT2D eigenvalue weighted by molar-refractivity contribution is 5.71. The lowest BCUT2D eigenvalue weighted by atomic mass is 10.1. The number of hydrogen-bond acceptors (Lipinski definition) is 8. The van der Waals surface area contributed by atoms with Crippen LogP contribution in [0.25, 0.3) is 0 Å². The largest absolute Gasteiger partial charge is 0.468 e. The molecule has 0 unspecified atom stereocenters. The molecule has 8 nitrogen and oxygen atoms in total. The Morgan fingerprint density at radius 3 is 2.58 bits per heavy atom. The minimum absolute atomic E-state index is 0.0942. The third-order valence-electron chi connectivity index (χ3n) is 4.85. The molecule has 3 rings (SSSR count). The Morgan fingerprint density at radius 1 is 1.19 bits per heavy atom. The van der Waals surface area contributed by atoms with Gasteiger partial charge in [-0.05, 0) is 31.4 Å². The van der Waals surface area contributed by atoms with Crippen LogP contribution in [-0.4, -0.2) is 78.4 Å². The van der Waals surface area contributed by atoms with Crippen molar-refractivity contribution in [2.45, 2.75) is 19.3 Å². The van der Waals surface area contributed by atoms with Crippen LogP contribution in [-0.2, 0) is 14.3 Å². The smallest absolute Gasteiger partial charge is 0.323 e. The summed E-state index contributed by atoms with van der Waals surface area (Å²) in [7, 11) is 1.38. The molecule has 0 N–H and O–H groups in total. The molecule has 0 radical (unpaired) electrons. The molecule has 1 aromatic heterocycles. The van der Waals surface area contributed by atoms with Crippen molar-refractivity contribution in [2.75, 3.05) is 51.3 Å². The van der Waals surface area contributed by atoms with Gasteiger partial charge in [-0.15, -0.1) is 5.12 Å². The van der Waals surface area contributed by atoms with Gasteiger partial charge in [0.05, 0.1) is 7.11 Å². The van der Waals surface area contributed by atoms with E-state index in [9.17, 15) is 9.59 Å². The monoisotopic (exact) mass is 359 g/mol. The number of piperidine rings is 1. The summed E-state index contributed by atoms with van der Waals surface area (Å²) in [6.45, 7) is 3.97. The first kappa shape index (κ1) is 18.4. The molecule has 0 aliphatic carbocycles. The van der Waals surface area contributed by atoms with Crippen molar-refractivity contribution >= 4 is 17.6 Å². The Morgan fingerprint density at radius 2 is 1.92 bits per heavy atom. The first-order chi connectivity index (χ1) is 12.7. The van der Waals surface area contributed by atoms with Gasteiger partial charge in [-0.25, -0.2) is 9.80 Å². The number of hydrazine groups is 2. The van der Waals surface area contributed by atoms with Crippen molar-refractivity contribution in [3.8, 4) is 0 Å². The third kappa shape index (κ3) is 4.22. The van der Waals surface area contributed by atoms with Crippen LogP contribution in [0.4, 0.5) is 5.69 Å². The van der Waals surface area contributed by atoms with E-state index in [0.717, 1.165) is 44.7 Å². The molecule has 3 heterocycles. The topological polar surface area (TPSA) is 69.2 Å². The second-order valence-electron chi connectivity index (χ2n) is 6.38. The van der Waals surface area contributed by atoms with Gasteiger partial charge in [-0.1, -0.05) is 0 Å². The number of rotatable bonds is 5. The SMILES string of the molecule is COC(=O)CN(N1CCN(c2ccncc2)CC1)N1CCCCC1=C=O. The molecule has 0 bridgehead atoms. The summed E-state index contributed by atoms with van der Waals surface area (Å²) < 4.78 is 4.86. The lowest BCUT2D eigenvalue weighted by Gasteiger charge is -2.47. The lowest BCUT2D eigenvalue weighted by molar-refractivity contribution is -0.189. The van der Waals surface area contributed by atoms with Gasteiger partial charge in [0.25, 0.3) is 0 Å². The second kappa shape index (κ2) is 8.80. The number of piperazine rings is 1. The number of esters is 1. The molecule has 2 aliphatic heterocycles. The number of nitrogens with zero attached hydrogens (tertiary/aromatic N) is 5. The van der Waals surface area contributed by atoms with Crippen molar-refractivity contribution in [3.63, 3.8) is 0 Å². The Bertz CT molecular complexity index is 654. The van der Waals surface area contributed by atoms with Gasteiger partial charge in [0.15, 0.2) is 0 Å². The zero-order chi connectivity index (χ0) is 18.4. The predicted molar refractivity (Wildman–Crippen MR) is 96.5 cm³/mol. The maximum absolute atomic E-state index is 11.9. The maximum atomic E-state index is 11.9. The van der Waals surface area contributed by atoms with Crippen LogP contribution in [0.3, 0.4) is 0 Å². The van der Waals surface area contributed by atoms with Crippen molar-refractivity contribution in [2.24, 2.45) is 0 Å². The van der Waals surface area contributed by atoms with Crippen molar-refractivity contribution in [1.82, 2.24) is 20.1 Å². The number of hydrogen-bond donors (Lipinski definition) is 0. The molecule has 0 atom stereocenters. The minimum atomic E-state index is -0.322. The van der Waals surface area contributed by atoms with E-state index >= 15 is 0 Å². The van der Waals surface area contributed by atoms with Gasteiger partial charge in [0, 0.05) is 50.8 Å². The van der Waals surface area contributed by atoms with Gasteiger partial charge >= 0.3 is 5.97 Å². The van der Waals surface area contributed by atoms with Crippen LogP contribution in [0.2, 0.25) is 0 Å². The average molecular weight is 359 g/mol. The standard InChI is InChI=1S/C18H25N5O3/c1-26-18(25)14-23(22-9-3-2-4-17(22)15-24)21-12-10-20(11-13-21)16-5-7-19-8-6-16/h5-8H,2-4,9-14H2,1H3. The summed E-state index contributed by atoms with van der Waals surface area (Å²) in [5, 5.41) is 5.89. The Hall–Kier alpha value is -2.41. The van der Waals surface area contributed by atoms with Gasteiger partial charge in [-0.3, -0.25) is 14.8 Å². The van der Waals surface area contributed by atoms with E-state index in [1.165, 1.54) is 7.11 Å². The maximum Gasteiger partial charge on any atom is 0.323 e. The van der Waals surface area contributed by atoms with E-state index in [0.29, 0.717) is 18.7 Å². The van der Waals surface area contributed by atoms with E-state index in [1.807, 2.05) is 22.3 Å². The molecular formula is C18H25N5O3. The Balaban J connectivity index is 1.71. The van der Waals surface area contributed by atoms with Crippen LogP contribution in [0.5, 0.6) is 0 Å². The summed E-state index contributed by atoms with van der Waals surface area (Å²) in [5.41, 5.74) is 1.75. The number of allylic oxidation sites excluding steroid dienone is 1. The molecular weight excluding hydrogens is 334 g/mol. The molecule has 26 heavy (non-hydrogen) atoms. The fraction of sp³-hybridized carbons (Fsp3) is 0.556. The summed E-state index contributed by atoms with van der Waals surface area (Å²) in [4.78, 5) is 29.7. The minimum Gasteiger partial charge on any atom is -0.468 e. The highest BCUT2D eigenvalue weighted by Gasteiger charge is 2.31. The van der Waals surface area contributed by atoms with Gasteiger partial charge in [-0.2, -0.15) is 0 Å². The lowest BCUT2D eigenvalue weighted by Crippen LogP contribution is -2.61. The molecule has 0 aromatic carbocycles. The summed E-state index contributed by atoms with van der Waals surface area (Å²) in [6, 6.07) is 4.00. The van der Waals surface area contributed by atoms with Crippen molar-refractivity contribution < 1.29 is 14.3 Å². The molecule has 140 valence electrons. The number of pyridine rings is 1. The van der Waals surface area contributed by atoms with Crippen LogP contribution in [0, 0.1) is 0 Å². The molecule has 0 saturated carbocycles. The molecule has 2 saturated heterocycles. The molecule has 8 heteroatoms. The van der Waals surface area contributed by atoms with Gasteiger partial charge in [0.2, 0.25) is 0 Å². The average Bonchev–Trinajstić information content (AvgIpc) is 2.72.